The second-order valence-electron chi connectivity index (χ2n) is 8.13. The Morgan fingerprint density at radius 1 is 0.692 bits per heavy atom. The van der Waals surface area contributed by atoms with Crippen LogP contribution in [0.1, 0.15) is 34.7 Å². The van der Waals surface area contributed by atoms with Crippen LogP contribution in [0.5, 0.6) is 17.2 Å². The van der Waals surface area contributed by atoms with Crippen LogP contribution < -0.4 is 14.2 Å². The van der Waals surface area contributed by atoms with Crippen molar-refractivity contribution in [3.05, 3.63) is 126 Å². The lowest BCUT2D eigenvalue weighted by Gasteiger charge is -2.09. The minimum atomic E-state index is -0.584. The molecule has 3 aromatic carbocycles. The Labute approximate surface area is 227 Å². The van der Waals surface area contributed by atoms with Gasteiger partial charge in [-0.15, -0.1) is 0 Å². The van der Waals surface area contributed by atoms with Crippen molar-refractivity contribution in [1.29, 1.82) is 0 Å². The van der Waals surface area contributed by atoms with Crippen molar-refractivity contribution in [2.24, 2.45) is 0 Å². The molecule has 0 unspecified atom stereocenters. The molecule has 0 saturated heterocycles. The van der Waals surface area contributed by atoms with Gasteiger partial charge in [-0.2, -0.15) is 0 Å². The van der Waals surface area contributed by atoms with Crippen LogP contribution in [-0.2, 0) is 14.4 Å². The molecule has 0 N–H and O–H groups in total. The van der Waals surface area contributed by atoms with Crippen LogP contribution in [0.2, 0.25) is 0 Å². The van der Waals surface area contributed by atoms with Gasteiger partial charge in [0.05, 0.1) is 5.56 Å². The van der Waals surface area contributed by atoms with Gasteiger partial charge >= 0.3 is 17.9 Å². The summed E-state index contributed by atoms with van der Waals surface area (Å²) in [5.41, 5.74) is 3.55. The lowest BCUT2D eigenvalue weighted by atomic mass is 10.0. The SMILES string of the molecule is C=CC(=O)Oc1ccc(C#Cc2cc(OC(=O)C(=C)C)c(C#Cc3ccc(OC(=O)C=C)cc3)cc2C)cc1. The monoisotopic (exact) mass is 516 g/mol. The molecule has 0 fully saturated rings. The lowest BCUT2D eigenvalue weighted by Crippen LogP contribution is -2.09. The first-order valence-corrected chi connectivity index (χ1v) is 11.6. The molecule has 39 heavy (non-hydrogen) atoms. The van der Waals surface area contributed by atoms with Gasteiger partial charge in [-0.3, -0.25) is 0 Å². The van der Waals surface area contributed by atoms with Crippen LogP contribution in [0.25, 0.3) is 0 Å². The highest BCUT2D eigenvalue weighted by Crippen LogP contribution is 2.24. The number of aryl methyl sites for hydroxylation is 1. The van der Waals surface area contributed by atoms with Crippen LogP contribution in [0, 0.1) is 30.6 Å². The Bertz CT molecular complexity index is 1580. The van der Waals surface area contributed by atoms with E-state index in [4.69, 9.17) is 14.2 Å². The first kappa shape index (κ1) is 28.0. The van der Waals surface area contributed by atoms with Gasteiger partial charge in [-0.25, -0.2) is 14.4 Å². The molecule has 3 aromatic rings. The number of carbonyl (C=O) groups is 3. The Hall–Kier alpha value is -5.59. The molecule has 0 aliphatic heterocycles. The van der Waals surface area contributed by atoms with Gasteiger partial charge in [0.15, 0.2) is 0 Å². The summed E-state index contributed by atoms with van der Waals surface area (Å²) in [6, 6.07) is 16.8. The summed E-state index contributed by atoms with van der Waals surface area (Å²) >= 11 is 0. The van der Waals surface area contributed by atoms with E-state index in [9.17, 15) is 14.4 Å². The fraction of sp³-hybridized carbons (Fsp3) is 0.0606. The van der Waals surface area contributed by atoms with Crippen molar-refractivity contribution in [2.75, 3.05) is 0 Å². The van der Waals surface area contributed by atoms with E-state index >= 15 is 0 Å². The maximum Gasteiger partial charge on any atom is 0.338 e. The van der Waals surface area contributed by atoms with Crippen LogP contribution in [-0.4, -0.2) is 17.9 Å². The molecule has 0 atom stereocenters. The van der Waals surface area contributed by atoms with Crippen LogP contribution in [0.15, 0.2) is 98.1 Å². The Morgan fingerprint density at radius 2 is 1.15 bits per heavy atom. The second-order valence-corrected chi connectivity index (χ2v) is 8.13. The number of hydrogen-bond acceptors (Lipinski definition) is 6. The standard InChI is InChI=1S/C33H24O6/c1-6-31(34)37-28-16-10-24(11-17-28)8-14-26-21-30(39-33(36)22(3)4)27(20-23(26)5)15-9-25-12-18-29(19-13-25)38-32(35)7-2/h6-7,10-13,16-21H,1-3H2,4-5H3. The Kier molecular flexibility index (Phi) is 9.40. The van der Waals surface area contributed by atoms with E-state index in [2.05, 4.69) is 43.4 Å². The van der Waals surface area contributed by atoms with Gasteiger partial charge in [-0.1, -0.05) is 43.4 Å². The summed E-state index contributed by atoms with van der Waals surface area (Å²) < 4.78 is 15.7. The highest BCUT2D eigenvalue weighted by molar-refractivity contribution is 5.89. The lowest BCUT2D eigenvalue weighted by molar-refractivity contribution is -0.130. The van der Waals surface area contributed by atoms with Gasteiger partial charge in [0.25, 0.3) is 0 Å². The largest absolute Gasteiger partial charge is 0.423 e. The quantitative estimate of drug-likeness (QED) is 0.187. The van der Waals surface area contributed by atoms with Crippen molar-refractivity contribution >= 4 is 17.9 Å². The molecule has 0 radical (unpaired) electrons. The van der Waals surface area contributed by atoms with E-state index in [0.29, 0.717) is 33.8 Å². The van der Waals surface area contributed by atoms with Crippen LogP contribution in [0.4, 0.5) is 0 Å². The fourth-order valence-corrected chi connectivity index (χ4v) is 3.00. The normalized spacial score (nSPS) is 9.49. The minimum Gasteiger partial charge on any atom is -0.423 e. The number of carbonyl (C=O) groups excluding carboxylic acids is 3. The molecule has 192 valence electrons. The van der Waals surface area contributed by atoms with Crippen molar-refractivity contribution in [2.45, 2.75) is 13.8 Å². The fourth-order valence-electron chi connectivity index (χ4n) is 3.00. The number of esters is 3. The third-order valence-electron chi connectivity index (χ3n) is 5.04. The summed E-state index contributed by atoms with van der Waals surface area (Å²) in [6.45, 7) is 13.8. The third-order valence-corrected chi connectivity index (χ3v) is 5.04. The highest BCUT2D eigenvalue weighted by Gasteiger charge is 2.12. The van der Waals surface area contributed by atoms with E-state index in [1.807, 2.05) is 6.92 Å². The molecule has 6 nitrogen and oxygen atoms in total. The zero-order valence-electron chi connectivity index (χ0n) is 21.5. The average molecular weight is 517 g/mol. The van der Waals surface area contributed by atoms with Gasteiger partial charge < -0.3 is 14.2 Å². The average Bonchev–Trinajstić information content (AvgIpc) is 2.93. The predicted octanol–water partition coefficient (Wildman–Crippen LogP) is 5.46. The number of hydrogen-bond donors (Lipinski definition) is 0. The second kappa shape index (κ2) is 13.1. The smallest absolute Gasteiger partial charge is 0.338 e. The molecule has 0 aliphatic rings. The van der Waals surface area contributed by atoms with Gasteiger partial charge in [0, 0.05) is 34.4 Å². The molecule has 6 heteroatoms. The Balaban J connectivity index is 1.91. The highest BCUT2D eigenvalue weighted by atomic mass is 16.5. The molecular weight excluding hydrogens is 492 g/mol. The van der Waals surface area contributed by atoms with Crippen molar-refractivity contribution in [3.8, 4) is 40.9 Å². The summed E-state index contributed by atoms with van der Waals surface area (Å²) in [5.74, 6) is 11.5. The van der Waals surface area contributed by atoms with E-state index in [0.717, 1.165) is 17.7 Å². The molecule has 0 heterocycles. The van der Waals surface area contributed by atoms with E-state index in [1.54, 1.807) is 67.6 Å². The molecule has 0 aromatic heterocycles. The third kappa shape index (κ3) is 8.21. The van der Waals surface area contributed by atoms with Gasteiger partial charge in [0.1, 0.15) is 17.2 Å². The van der Waals surface area contributed by atoms with E-state index in [1.165, 1.54) is 0 Å². The van der Waals surface area contributed by atoms with Crippen molar-refractivity contribution < 1.29 is 28.6 Å². The summed E-state index contributed by atoms with van der Waals surface area (Å²) in [5, 5.41) is 0. The molecule has 0 aliphatic carbocycles. The van der Waals surface area contributed by atoms with Crippen LogP contribution in [0.3, 0.4) is 0 Å². The summed E-state index contributed by atoms with van der Waals surface area (Å²) in [6.07, 6.45) is 2.17. The number of rotatable bonds is 6. The zero-order chi connectivity index (χ0) is 28.4. The predicted molar refractivity (Wildman–Crippen MR) is 148 cm³/mol. The molecule has 0 amide bonds. The maximum atomic E-state index is 12.3. The summed E-state index contributed by atoms with van der Waals surface area (Å²) in [4.78, 5) is 35.0. The number of benzene rings is 3. The summed E-state index contributed by atoms with van der Waals surface area (Å²) in [7, 11) is 0. The number of ether oxygens (including phenoxy) is 3. The van der Waals surface area contributed by atoms with E-state index < -0.39 is 17.9 Å². The minimum absolute atomic E-state index is 0.240. The molecule has 0 saturated carbocycles. The molecular formula is C33H24O6. The Morgan fingerprint density at radius 3 is 1.59 bits per heavy atom. The van der Waals surface area contributed by atoms with Crippen molar-refractivity contribution in [3.63, 3.8) is 0 Å². The molecule has 3 rings (SSSR count). The van der Waals surface area contributed by atoms with Crippen molar-refractivity contribution in [1.82, 2.24) is 0 Å². The van der Waals surface area contributed by atoms with Gasteiger partial charge in [-0.05, 0) is 80.1 Å². The van der Waals surface area contributed by atoms with Crippen LogP contribution >= 0.6 is 0 Å². The first-order valence-electron chi connectivity index (χ1n) is 11.6. The topological polar surface area (TPSA) is 78.9 Å². The zero-order valence-corrected chi connectivity index (χ0v) is 21.5. The van der Waals surface area contributed by atoms with Gasteiger partial charge in [0.2, 0.25) is 0 Å². The molecule has 0 spiro atoms. The van der Waals surface area contributed by atoms with E-state index in [-0.39, 0.29) is 11.3 Å². The maximum absolute atomic E-state index is 12.3. The first-order chi connectivity index (χ1) is 18.7. The molecule has 0 bridgehead atoms.